The maximum absolute atomic E-state index is 12.7. The van der Waals surface area contributed by atoms with Gasteiger partial charge in [0.2, 0.25) is 0 Å². The quantitative estimate of drug-likeness (QED) is 0.396. The zero-order valence-electron chi connectivity index (χ0n) is 15.3. The van der Waals surface area contributed by atoms with E-state index in [2.05, 4.69) is 15.3 Å². The largest absolute Gasteiger partial charge is 0.595 e. The molecule has 4 N–H and O–H groups in total. The van der Waals surface area contributed by atoms with Gasteiger partial charge in [-0.2, -0.15) is 5.23 Å². The number of hydrogen-bond acceptors (Lipinski definition) is 4. The van der Waals surface area contributed by atoms with Crippen LogP contribution in [0.1, 0.15) is 21.7 Å². The number of H-pyrrole nitrogens is 1. The highest BCUT2D eigenvalue weighted by molar-refractivity contribution is 6.01. The lowest BCUT2D eigenvalue weighted by Crippen LogP contribution is -2.99. The normalized spacial score (nSPS) is 12.7. The molecular formula is C22H18N4O3. The number of imidazole rings is 1. The van der Waals surface area contributed by atoms with Gasteiger partial charge in [-0.3, -0.25) is 4.79 Å². The molecule has 0 aliphatic heterocycles. The lowest BCUT2D eigenvalue weighted by molar-refractivity contribution is -0.991. The number of nitrogens with zero attached hydrogens (tertiary/aromatic N) is 1. The summed E-state index contributed by atoms with van der Waals surface area (Å²) in [4.78, 5) is 20.5. The van der Waals surface area contributed by atoms with Crippen molar-refractivity contribution in [3.8, 4) is 0 Å². The molecule has 0 aliphatic rings. The summed E-state index contributed by atoms with van der Waals surface area (Å²) in [5, 5.41) is 22.1. The number of amides is 1. The van der Waals surface area contributed by atoms with E-state index >= 15 is 0 Å². The second-order valence-corrected chi connectivity index (χ2v) is 6.41. The molecule has 144 valence electrons. The van der Waals surface area contributed by atoms with E-state index in [0.717, 1.165) is 16.6 Å². The first-order valence-corrected chi connectivity index (χ1v) is 8.97. The van der Waals surface area contributed by atoms with Gasteiger partial charge in [-0.25, -0.2) is 10.2 Å². The third-order valence-corrected chi connectivity index (χ3v) is 4.40. The van der Waals surface area contributed by atoms with Gasteiger partial charge in [0.25, 0.3) is 5.91 Å². The van der Waals surface area contributed by atoms with E-state index in [0.29, 0.717) is 17.1 Å². The van der Waals surface area contributed by atoms with Crippen molar-refractivity contribution in [1.82, 2.24) is 15.3 Å². The van der Waals surface area contributed by atoms with Crippen LogP contribution in [0.3, 0.4) is 0 Å². The number of rotatable bonds is 5. The van der Waals surface area contributed by atoms with Crippen molar-refractivity contribution in [3.05, 3.63) is 101 Å². The molecule has 0 saturated heterocycles. The molecule has 1 amide bonds. The number of hydrogen-bond donors (Lipinski definition) is 4. The zero-order valence-corrected chi connectivity index (χ0v) is 15.3. The number of fused-ring (bicyclic) bond motifs is 1. The minimum Gasteiger partial charge on any atom is -0.595 e. The number of carbonyl (C=O) groups is 1. The molecule has 0 saturated carbocycles. The summed E-state index contributed by atoms with van der Waals surface area (Å²) >= 11 is 0. The lowest BCUT2D eigenvalue weighted by Gasteiger charge is -2.11. The van der Waals surface area contributed by atoms with Crippen LogP contribution in [0.25, 0.3) is 22.8 Å². The van der Waals surface area contributed by atoms with Crippen molar-refractivity contribution in [3.63, 3.8) is 0 Å². The Kier molecular flexibility index (Phi) is 5.17. The molecule has 3 aromatic carbocycles. The van der Waals surface area contributed by atoms with E-state index in [1.807, 2.05) is 30.3 Å². The van der Waals surface area contributed by atoms with Gasteiger partial charge in [0.05, 0.1) is 16.7 Å². The number of quaternary nitrogens is 1. The van der Waals surface area contributed by atoms with Crippen molar-refractivity contribution in [2.45, 2.75) is 0 Å². The summed E-state index contributed by atoms with van der Waals surface area (Å²) in [5.41, 5.74) is 3.57. The molecule has 4 rings (SSSR count). The monoisotopic (exact) mass is 386 g/mol. The minimum atomic E-state index is -0.990. The van der Waals surface area contributed by atoms with Crippen molar-refractivity contribution in [1.29, 1.82) is 0 Å². The SMILES string of the molecule is O=C(N/C(=C\c1ccc([NH+]([O-])O)cc1)c1nc2ccccc2[nH]1)c1ccccc1. The van der Waals surface area contributed by atoms with Crippen LogP contribution in [0, 0.1) is 5.21 Å². The van der Waals surface area contributed by atoms with Gasteiger partial charge in [0, 0.05) is 17.7 Å². The Bertz CT molecular complexity index is 1130. The van der Waals surface area contributed by atoms with Gasteiger partial charge in [0.15, 0.2) is 11.5 Å². The Balaban J connectivity index is 1.72. The van der Waals surface area contributed by atoms with E-state index in [1.54, 1.807) is 42.5 Å². The van der Waals surface area contributed by atoms with Gasteiger partial charge in [-0.05, 0) is 48.0 Å². The van der Waals surface area contributed by atoms with Gasteiger partial charge in [-0.1, -0.05) is 30.3 Å². The van der Waals surface area contributed by atoms with Crippen molar-refractivity contribution >= 4 is 34.4 Å². The molecule has 1 unspecified atom stereocenters. The molecule has 0 bridgehead atoms. The summed E-state index contributed by atoms with van der Waals surface area (Å²) in [7, 11) is 0. The van der Waals surface area contributed by atoms with Crippen LogP contribution in [-0.4, -0.2) is 21.1 Å². The Morgan fingerprint density at radius 1 is 1.00 bits per heavy atom. The predicted molar refractivity (Wildman–Crippen MR) is 110 cm³/mol. The highest BCUT2D eigenvalue weighted by Gasteiger charge is 2.13. The molecule has 4 aromatic rings. The fraction of sp³-hybridized carbons (Fsp3) is 0. The Hall–Kier alpha value is -3.78. The van der Waals surface area contributed by atoms with Crippen molar-refractivity contribution in [2.75, 3.05) is 0 Å². The molecule has 0 radical (unpaired) electrons. The van der Waals surface area contributed by atoms with E-state index in [-0.39, 0.29) is 11.6 Å². The van der Waals surface area contributed by atoms with E-state index in [1.165, 1.54) is 12.1 Å². The number of nitrogens with one attached hydrogen (secondary N) is 3. The summed E-state index contributed by atoms with van der Waals surface area (Å²) in [6.45, 7) is 0. The van der Waals surface area contributed by atoms with Crippen LogP contribution < -0.4 is 10.5 Å². The van der Waals surface area contributed by atoms with E-state index < -0.39 is 5.23 Å². The summed E-state index contributed by atoms with van der Waals surface area (Å²) in [6.07, 6.45) is 1.75. The number of carbonyl (C=O) groups excluding carboxylic acids is 1. The first-order valence-electron chi connectivity index (χ1n) is 8.97. The predicted octanol–water partition coefficient (Wildman–Crippen LogP) is 2.89. The van der Waals surface area contributed by atoms with Crippen LogP contribution in [0.5, 0.6) is 0 Å². The van der Waals surface area contributed by atoms with Gasteiger partial charge in [-0.15, -0.1) is 0 Å². The lowest BCUT2D eigenvalue weighted by atomic mass is 10.1. The molecule has 7 heteroatoms. The number of aromatic amines is 1. The molecule has 1 atom stereocenters. The number of benzene rings is 3. The second kappa shape index (κ2) is 8.07. The maximum Gasteiger partial charge on any atom is 0.255 e. The van der Waals surface area contributed by atoms with Crippen molar-refractivity contribution in [2.24, 2.45) is 0 Å². The number of para-hydroxylation sites is 2. The van der Waals surface area contributed by atoms with Crippen LogP contribution in [0.15, 0.2) is 78.9 Å². The first-order chi connectivity index (χ1) is 14.1. The van der Waals surface area contributed by atoms with Crippen LogP contribution in [0.2, 0.25) is 0 Å². The molecule has 0 aliphatic carbocycles. The fourth-order valence-corrected chi connectivity index (χ4v) is 2.92. The summed E-state index contributed by atoms with van der Waals surface area (Å²) < 4.78 is 0. The van der Waals surface area contributed by atoms with Gasteiger partial charge in [0.1, 0.15) is 0 Å². The Morgan fingerprint density at radius 3 is 2.38 bits per heavy atom. The van der Waals surface area contributed by atoms with Gasteiger partial charge < -0.3 is 15.5 Å². The molecule has 0 spiro atoms. The smallest absolute Gasteiger partial charge is 0.255 e. The summed E-state index contributed by atoms with van der Waals surface area (Å²) in [6, 6.07) is 22.9. The average Bonchev–Trinajstić information content (AvgIpc) is 3.18. The minimum absolute atomic E-state index is 0.195. The maximum atomic E-state index is 12.7. The topological polar surface area (TPSA) is 106 Å². The molecule has 0 fully saturated rings. The molecule has 1 heterocycles. The van der Waals surface area contributed by atoms with Crippen LogP contribution in [-0.2, 0) is 0 Å². The number of aromatic nitrogens is 2. The van der Waals surface area contributed by atoms with Crippen molar-refractivity contribution < 1.29 is 15.2 Å². The third-order valence-electron chi connectivity index (χ3n) is 4.40. The van der Waals surface area contributed by atoms with E-state index in [9.17, 15) is 10.0 Å². The zero-order chi connectivity index (χ0) is 20.2. The standard InChI is InChI=1S/C22H18N4O3/c27-22(16-6-2-1-3-7-16)25-20(14-15-10-12-17(13-11-15)26(28)29)21-23-18-8-4-5-9-19(18)24-21/h1-14,26,28H,(H,23,24)(H,25,27)/b20-14-. The molecule has 29 heavy (non-hydrogen) atoms. The Morgan fingerprint density at radius 2 is 1.69 bits per heavy atom. The van der Waals surface area contributed by atoms with Crippen LogP contribution >= 0.6 is 0 Å². The fourth-order valence-electron chi connectivity index (χ4n) is 2.92. The second-order valence-electron chi connectivity index (χ2n) is 6.41. The molecule has 7 nitrogen and oxygen atoms in total. The van der Waals surface area contributed by atoms with E-state index in [4.69, 9.17) is 5.21 Å². The van der Waals surface area contributed by atoms with Gasteiger partial charge >= 0.3 is 0 Å². The molecule has 1 aromatic heterocycles. The Labute approximate surface area is 166 Å². The highest BCUT2D eigenvalue weighted by atomic mass is 16.8. The highest BCUT2D eigenvalue weighted by Crippen LogP contribution is 2.19. The first kappa shape index (κ1) is 18.6. The summed E-state index contributed by atoms with van der Waals surface area (Å²) in [5.74, 6) is 0.247. The third kappa shape index (κ3) is 4.22. The average molecular weight is 386 g/mol. The van der Waals surface area contributed by atoms with Crippen LogP contribution in [0.4, 0.5) is 5.69 Å². The molecular weight excluding hydrogens is 368 g/mol.